The van der Waals surface area contributed by atoms with Crippen LogP contribution >= 0.6 is 23.2 Å². The van der Waals surface area contributed by atoms with Gasteiger partial charge in [0.2, 0.25) is 10.2 Å². The predicted molar refractivity (Wildman–Crippen MR) is 94.7 cm³/mol. The van der Waals surface area contributed by atoms with Crippen LogP contribution < -0.4 is 5.32 Å². The van der Waals surface area contributed by atoms with Gasteiger partial charge in [-0.05, 0) is 37.5 Å². The summed E-state index contributed by atoms with van der Waals surface area (Å²) in [6.45, 7) is 3.26. The van der Waals surface area contributed by atoms with E-state index in [-0.39, 0.29) is 5.91 Å². The van der Waals surface area contributed by atoms with Crippen molar-refractivity contribution >= 4 is 40.5 Å². The van der Waals surface area contributed by atoms with Crippen LogP contribution in [0.25, 0.3) is 0 Å². The van der Waals surface area contributed by atoms with E-state index in [1.165, 1.54) is 12.5 Å². The van der Waals surface area contributed by atoms with E-state index in [1.54, 1.807) is 11.6 Å². The molecule has 8 heteroatoms. The van der Waals surface area contributed by atoms with Crippen molar-refractivity contribution in [3.63, 3.8) is 0 Å². The molecule has 0 unspecified atom stereocenters. The maximum Gasteiger partial charge on any atom is 0.221 e. The molecule has 0 radical (unpaired) electrons. The normalized spacial score (nSPS) is 15.1. The average molecular weight is 366 g/mol. The number of aromatic nitrogens is 3. The fourth-order valence-corrected chi connectivity index (χ4v) is 2.86. The molecular weight excluding hydrogens is 349 g/mol. The van der Waals surface area contributed by atoms with Gasteiger partial charge < -0.3 is 5.32 Å². The minimum atomic E-state index is -1.19. The van der Waals surface area contributed by atoms with E-state index in [4.69, 9.17) is 23.2 Å². The number of halogens is 2. The molecule has 0 bridgehead atoms. The highest BCUT2D eigenvalue weighted by atomic mass is 35.5. The van der Waals surface area contributed by atoms with Crippen LogP contribution in [0.15, 0.2) is 29.4 Å². The van der Waals surface area contributed by atoms with Gasteiger partial charge in [-0.1, -0.05) is 35.3 Å². The summed E-state index contributed by atoms with van der Waals surface area (Å²) < 4.78 is 0.444. The number of alkyl halides is 2. The summed E-state index contributed by atoms with van der Waals surface area (Å²) in [5.74, 6) is 1.13. The Morgan fingerprint density at radius 1 is 1.21 bits per heavy atom. The lowest BCUT2D eigenvalue weighted by molar-refractivity contribution is -0.114. The molecule has 0 aliphatic carbocycles. The molecule has 1 amide bonds. The Hall–Kier alpha value is -1.92. The third-order valence-corrected chi connectivity index (χ3v) is 4.72. The van der Waals surface area contributed by atoms with Crippen LogP contribution in [0.5, 0.6) is 0 Å². The van der Waals surface area contributed by atoms with Crippen molar-refractivity contribution in [3.8, 4) is 0 Å². The lowest BCUT2D eigenvalue weighted by Gasteiger charge is -2.08. The number of hydrogen-bond donors (Lipinski definition) is 1. The highest BCUT2D eigenvalue weighted by molar-refractivity contribution is 6.58. The zero-order chi connectivity index (χ0) is 17.3. The van der Waals surface area contributed by atoms with E-state index < -0.39 is 4.33 Å². The van der Waals surface area contributed by atoms with Crippen molar-refractivity contribution in [1.29, 1.82) is 0 Å². The Morgan fingerprint density at radius 2 is 1.92 bits per heavy atom. The van der Waals surface area contributed by atoms with Crippen LogP contribution in [0.4, 0.5) is 5.69 Å². The van der Waals surface area contributed by atoms with E-state index in [9.17, 15) is 4.79 Å². The van der Waals surface area contributed by atoms with Crippen molar-refractivity contribution < 1.29 is 4.79 Å². The van der Waals surface area contributed by atoms with Gasteiger partial charge in [-0.15, -0.1) is 10.2 Å². The summed E-state index contributed by atoms with van der Waals surface area (Å²) in [7, 11) is 0. The first-order valence-electron chi connectivity index (χ1n) is 7.63. The van der Waals surface area contributed by atoms with E-state index in [1.807, 2.05) is 24.3 Å². The summed E-state index contributed by atoms with van der Waals surface area (Å²) >= 11 is 12.4. The number of amides is 1. The number of fused-ring (bicyclic) bond motifs is 1. The van der Waals surface area contributed by atoms with Gasteiger partial charge in [0.15, 0.2) is 11.6 Å². The highest BCUT2D eigenvalue weighted by Gasteiger charge is 2.42. The third kappa shape index (κ3) is 3.30. The smallest absolute Gasteiger partial charge is 0.221 e. The van der Waals surface area contributed by atoms with E-state index in [2.05, 4.69) is 20.6 Å². The van der Waals surface area contributed by atoms with Crippen LogP contribution in [0, 0.1) is 0 Å². The molecule has 2 heterocycles. The monoisotopic (exact) mass is 365 g/mol. The standard InChI is InChI=1S/C16H17Cl2N5O/c1-10-16(17,18)15-21-20-14(23(15)22-10)5-3-4-12-6-8-13(9-7-12)19-11(2)24/h6-9H,3-5H2,1-2H3,(H,19,24). The Kier molecular flexibility index (Phi) is 4.60. The summed E-state index contributed by atoms with van der Waals surface area (Å²) in [5, 5.41) is 15.3. The Morgan fingerprint density at radius 3 is 2.58 bits per heavy atom. The van der Waals surface area contributed by atoms with E-state index in [0.29, 0.717) is 11.5 Å². The summed E-state index contributed by atoms with van der Waals surface area (Å²) in [5.41, 5.74) is 2.59. The molecule has 6 nitrogen and oxygen atoms in total. The SMILES string of the molecule is CC(=O)Nc1ccc(CCCc2nnc3n2N=C(C)C3(Cl)Cl)cc1. The van der Waals surface area contributed by atoms with Crippen molar-refractivity contribution in [2.45, 2.75) is 37.4 Å². The minimum Gasteiger partial charge on any atom is -0.326 e. The van der Waals surface area contributed by atoms with Crippen LogP contribution in [-0.2, 0) is 22.0 Å². The Labute approximate surface area is 149 Å². The fourth-order valence-electron chi connectivity index (χ4n) is 2.55. The number of benzene rings is 1. The van der Waals surface area contributed by atoms with Gasteiger partial charge in [-0.25, -0.2) is 0 Å². The average Bonchev–Trinajstić information content (AvgIpc) is 3.01. The molecule has 3 rings (SSSR count). The van der Waals surface area contributed by atoms with Crippen LogP contribution in [-0.4, -0.2) is 26.5 Å². The molecule has 1 N–H and O–H groups in total. The first kappa shape index (κ1) is 16.9. The van der Waals surface area contributed by atoms with E-state index >= 15 is 0 Å². The van der Waals surface area contributed by atoms with Gasteiger partial charge in [0, 0.05) is 19.0 Å². The minimum absolute atomic E-state index is 0.0751. The number of carbonyl (C=O) groups is 1. The number of nitrogens with one attached hydrogen (secondary N) is 1. The van der Waals surface area contributed by atoms with Gasteiger partial charge in [-0.3, -0.25) is 4.79 Å². The first-order chi connectivity index (χ1) is 11.4. The molecule has 0 fully saturated rings. The van der Waals surface area contributed by atoms with Crippen LogP contribution in [0.2, 0.25) is 0 Å². The largest absolute Gasteiger partial charge is 0.326 e. The molecule has 1 aromatic heterocycles. The number of hydrogen-bond acceptors (Lipinski definition) is 4. The van der Waals surface area contributed by atoms with Gasteiger partial charge in [-0.2, -0.15) is 9.78 Å². The molecule has 0 saturated heterocycles. The lowest BCUT2D eigenvalue weighted by Crippen LogP contribution is -2.17. The summed E-state index contributed by atoms with van der Waals surface area (Å²) in [4.78, 5) is 11.0. The topological polar surface area (TPSA) is 72.2 Å². The molecule has 2 aromatic rings. The highest BCUT2D eigenvalue weighted by Crippen LogP contribution is 2.38. The quantitative estimate of drug-likeness (QED) is 0.826. The fraction of sp³-hybridized carbons (Fsp3) is 0.375. The van der Waals surface area contributed by atoms with Crippen molar-refractivity contribution in [1.82, 2.24) is 14.9 Å². The number of rotatable bonds is 5. The molecule has 1 aliphatic heterocycles. The zero-order valence-electron chi connectivity index (χ0n) is 13.4. The molecule has 126 valence electrons. The second-order valence-corrected chi connectivity index (χ2v) is 7.07. The van der Waals surface area contributed by atoms with Gasteiger partial charge >= 0.3 is 0 Å². The Bertz CT molecular complexity index is 795. The molecule has 0 atom stereocenters. The number of carbonyl (C=O) groups excluding carboxylic acids is 1. The van der Waals surface area contributed by atoms with Crippen molar-refractivity contribution in [2.75, 3.05) is 5.32 Å². The second kappa shape index (κ2) is 6.53. The zero-order valence-corrected chi connectivity index (χ0v) is 14.9. The van der Waals surface area contributed by atoms with Crippen LogP contribution in [0.3, 0.4) is 0 Å². The molecule has 1 aromatic carbocycles. The first-order valence-corrected chi connectivity index (χ1v) is 8.38. The van der Waals surface area contributed by atoms with E-state index in [0.717, 1.165) is 30.8 Å². The maximum atomic E-state index is 11.0. The van der Waals surface area contributed by atoms with Crippen molar-refractivity contribution in [3.05, 3.63) is 41.5 Å². The van der Waals surface area contributed by atoms with Crippen molar-refractivity contribution in [2.24, 2.45) is 5.10 Å². The predicted octanol–water partition coefficient (Wildman–Crippen LogP) is 3.28. The van der Waals surface area contributed by atoms with Crippen LogP contribution in [0.1, 0.15) is 37.5 Å². The third-order valence-electron chi connectivity index (χ3n) is 3.83. The summed E-state index contributed by atoms with van der Waals surface area (Å²) in [6, 6.07) is 7.80. The summed E-state index contributed by atoms with van der Waals surface area (Å²) in [6.07, 6.45) is 2.50. The number of anilines is 1. The molecule has 1 aliphatic rings. The van der Waals surface area contributed by atoms with Gasteiger partial charge in [0.05, 0.1) is 5.71 Å². The second-order valence-electron chi connectivity index (χ2n) is 5.74. The Balaban J connectivity index is 1.59. The maximum absolute atomic E-state index is 11.0. The molecule has 0 saturated carbocycles. The molecule has 24 heavy (non-hydrogen) atoms. The molecule has 0 spiro atoms. The lowest BCUT2D eigenvalue weighted by atomic mass is 10.1. The van der Waals surface area contributed by atoms with Gasteiger partial charge in [0.25, 0.3) is 0 Å². The van der Waals surface area contributed by atoms with Gasteiger partial charge in [0.1, 0.15) is 0 Å². The number of aryl methyl sites for hydroxylation is 2. The molecular formula is C16H17Cl2N5O. The number of nitrogens with zero attached hydrogens (tertiary/aromatic N) is 4.